The van der Waals surface area contributed by atoms with Crippen LogP contribution in [-0.4, -0.2) is 19.2 Å². The maximum absolute atomic E-state index is 12.1. The molecule has 0 saturated carbocycles. The largest absolute Gasteiger partial charge is 0.493 e. The van der Waals surface area contributed by atoms with E-state index >= 15 is 0 Å². The Bertz CT molecular complexity index is 1420. The third-order valence-corrected chi connectivity index (χ3v) is 5.15. The number of aromatic nitrogens is 1. The molecule has 1 heterocycles. The number of ether oxygens (including phenoxy) is 2. The Morgan fingerprint density at radius 3 is 2.11 bits per heavy atom. The zero-order valence-electron chi connectivity index (χ0n) is 15.0. The maximum Gasteiger partial charge on any atom is 0.179 e. The Balaban J connectivity index is 2.11. The third-order valence-electron chi connectivity index (χ3n) is 5.15. The van der Waals surface area contributed by atoms with Crippen molar-refractivity contribution in [2.24, 2.45) is 0 Å². The number of nitrogens with one attached hydrogen (secondary N) is 1. The molecule has 27 heavy (non-hydrogen) atoms. The quantitative estimate of drug-likeness (QED) is 0.358. The highest BCUT2D eigenvalue weighted by Gasteiger charge is 2.14. The molecule has 0 aliphatic carbocycles. The number of pyridine rings is 1. The molecule has 0 aliphatic heterocycles. The highest BCUT2D eigenvalue weighted by atomic mass is 16.5. The van der Waals surface area contributed by atoms with E-state index in [1.807, 2.05) is 30.3 Å². The van der Waals surface area contributed by atoms with Crippen LogP contribution in [0.25, 0.3) is 43.4 Å². The fraction of sp³-hybridized carbons (Fsp3) is 0.0870. The summed E-state index contributed by atoms with van der Waals surface area (Å²) in [4.78, 5) is 15.6. The molecule has 132 valence electrons. The average Bonchev–Trinajstić information content (AvgIpc) is 2.71. The minimum Gasteiger partial charge on any atom is -0.493 e. The lowest BCUT2D eigenvalue weighted by Gasteiger charge is -2.15. The number of methoxy groups -OCH3 is 2. The van der Waals surface area contributed by atoms with Gasteiger partial charge in [-0.15, -0.1) is 0 Å². The molecule has 4 heteroatoms. The summed E-state index contributed by atoms with van der Waals surface area (Å²) in [6.45, 7) is 0. The minimum atomic E-state index is -0.0151. The number of H-pyrrole nitrogens is 1. The van der Waals surface area contributed by atoms with Gasteiger partial charge in [0.1, 0.15) is 0 Å². The highest BCUT2D eigenvalue weighted by molar-refractivity contribution is 6.26. The van der Waals surface area contributed by atoms with Gasteiger partial charge in [0.2, 0.25) is 0 Å². The summed E-state index contributed by atoms with van der Waals surface area (Å²) in [7, 11) is 3.25. The zero-order chi connectivity index (χ0) is 18.5. The van der Waals surface area contributed by atoms with E-state index in [-0.39, 0.29) is 5.43 Å². The summed E-state index contributed by atoms with van der Waals surface area (Å²) in [6.07, 6.45) is 0. The first-order valence-electron chi connectivity index (χ1n) is 8.73. The van der Waals surface area contributed by atoms with Crippen LogP contribution in [-0.2, 0) is 0 Å². The van der Waals surface area contributed by atoms with Crippen LogP contribution in [0.2, 0.25) is 0 Å². The Labute approximate surface area is 154 Å². The van der Waals surface area contributed by atoms with Crippen LogP contribution in [0.5, 0.6) is 11.5 Å². The molecule has 1 N–H and O–H groups in total. The number of rotatable bonds is 2. The van der Waals surface area contributed by atoms with Crippen molar-refractivity contribution in [2.45, 2.75) is 0 Å². The van der Waals surface area contributed by atoms with E-state index in [1.165, 1.54) is 0 Å². The first kappa shape index (κ1) is 15.7. The van der Waals surface area contributed by atoms with E-state index in [4.69, 9.17) is 9.47 Å². The zero-order valence-corrected chi connectivity index (χ0v) is 15.0. The van der Waals surface area contributed by atoms with Gasteiger partial charge in [-0.2, -0.15) is 0 Å². The summed E-state index contributed by atoms with van der Waals surface area (Å²) >= 11 is 0. The van der Waals surface area contributed by atoms with Gasteiger partial charge in [0.15, 0.2) is 16.9 Å². The van der Waals surface area contributed by atoms with Crippen LogP contribution in [0, 0.1) is 0 Å². The van der Waals surface area contributed by atoms with Gasteiger partial charge in [-0.05, 0) is 64.0 Å². The normalized spacial score (nSPS) is 11.5. The number of benzene rings is 4. The van der Waals surface area contributed by atoms with Crippen LogP contribution < -0.4 is 14.9 Å². The molecule has 0 unspecified atom stereocenters. The van der Waals surface area contributed by atoms with Crippen molar-refractivity contribution in [1.29, 1.82) is 0 Å². The number of aromatic amines is 1. The standard InChI is InChI=1S/C23H17NO3/c1-26-21-11-17-16-10-14(25)7-8-15(16)23-19(18(17)12-22(21)27-2)9-13-5-3-4-6-20(13)24-23/h3-12,24H,1-2H3. The van der Waals surface area contributed by atoms with E-state index in [0.717, 1.165) is 43.4 Å². The van der Waals surface area contributed by atoms with Crippen LogP contribution in [0.3, 0.4) is 0 Å². The van der Waals surface area contributed by atoms with Gasteiger partial charge in [0.25, 0.3) is 0 Å². The van der Waals surface area contributed by atoms with Gasteiger partial charge in [-0.25, -0.2) is 0 Å². The fourth-order valence-corrected chi connectivity index (χ4v) is 3.88. The molecule has 0 fully saturated rings. The molecular weight excluding hydrogens is 338 g/mol. The van der Waals surface area contributed by atoms with Crippen LogP contribution in [0.15, 0.2) is 65.5 Å². The number of hydrogen-bond acceptors (Lipinski definition) is 3. The summed E-state index contributed by atoms with van der Waals surface area (Å²) < 4.78 is 11.0. The van der Waals surface area contributed by atoms with Crippen molar-refractivity contribution >= 4 is 43.4 Å². The van der Waals surface area contributed by atoms with E-state index in [9.17, 15) is 4.79 Å². The monoisotopic (exact) mass is 355 g/mol. The molecule has 1 aromatic heterocycles. The van der Waals surface area contributed by atoms with E-state index in [2.05, 4.69) is 23.2 Å². The number of para-hydroxylation sites is 1. The molecule has 0 saturated heterocycles. The molecule has 0 atom stereocenters. The third kappa shape index (κ3) is 2.27. The second kappa shape index (κ2) is 5.74. The average molecular weight is 355 g/mol. The Kier molecular flexibility index (Phi) is 3.34. The fourth-order valence-electron chi connectivity index (χ4n) is 3.88. The summed E-state index contributed by atoms with van der Waals surface area (Å²) in [6, 6.07) is 19.5. The topological polar surface area (TPSA) is 51.3 Å². The second-order valence-electron chi connectivity index (χ2n) is 6.61. The highest BCUT2D eigenvalue weighted by Crippen LogP contribution is 2.40. The van der Waals surface area contributed by atoms with E-state index < -0.39 is 0 Å². The van der Waals surface area contributed by atoms with Gasteiger partial charge >= 0.3 is 0 Å². The Morgan fingerprint density at radius 2 is 1.37 bits per heavy atom. The molecule has 0 spiro atoms. The molecule has 0 radical (unpaired) electrons. The Hall–Kier alpha value is -3.53. The first-order valence-corrected chi connectivity index (χ1v) is 8.73. The molecule has 0 bridgehead atoms. The van der Waals surface area contributed by atoms with Gasteiger partial charge < -0.3 is 14.5 Å². The van der Waals surface area contributed by atoms with Crippen LogP contribution in [0.1, 0.15) is 0 Å². The maximum atomic E-state index is 12.1. The van der Waals surface area contributed by atoms with Crippen LogP contribution >= 0.6 is 0 Å². The summed E-state index contributed by atoms with van der Waals surface area (Å²) in [5.74, 6) is 1.31. The van der Waals surface area contributed by atoms with Crippen molar-refractivity contribution in [3.8, 4) is 11.5 Å². The summed E-state index contributed by atoms with van der Waals surface area (Å²) in [5.41, 5.74) is 2.04. The SMILES string of the molecule is COc1cc2c3cc(=O)ccc3c3[nH]c4ccccc4cc3c2cc1OC. The number of fused-ring (bicyclic) bond motifs is 7. The smallest absolute Gasteiger partial charge is 0.179 e. The molecule has 0 aliphatic rings. The lowest BCUT2D eigenvalue weighted by molar-refractivity contribution is 0.356. The summed E-state index contributed by atoms with van der Waals surface area (Å²) in [5, 5.41) is 6.10. The molecule has 4 aromatic carbocycles. The molecular formula is C23H17NO3. The van der Waals surface area contributed by atoms with Crippen molar-refractivity contribution in [3.63, 3.8) is 0 Å². The lowest BCUT2D eigenvalue weighted by Crippen LogP contribution is -1.97. The van der Waals surface area contributed by atoms with Gasteiger partial charge in [-0.3, -0.25) is 4.79 Å². The first-order chi connectivity index (χ1) is 13.2. The van der Waals surface area contributed by atoms with E-state index in [0.29, 0.717) is 11.5 Å². The van der Waals surface area contributed by atoms with E-state index in [1.54, 1.807) is 26.4 Å². The predicted octanol–water partition coefficient (Wildman–Crippen LogP) is 5.00. The van der Waals surface area contributed by atoms with Gasteiger partial charge in [-0.1, -0.05) is 18.2 Å². The Morgan fingerprint density at radius 1 is 0.704 bits per heavy atom. The van der Waals surface area contributed by atoms with Crippen molar-refractivity contribution in [1.82, 2.24) is 4.98 Å². The molecule has 5 rings (SSSR count). The lowest BCUT2D eigenvalue weighted by atomic mass is 9.95. The van der Waals surface area contributed by atoms with Crippen molar-refractivity contribution in [2.75, 3.05) is 14.2 Å². The van der Waals surface area contributed by atoms with Crippen LogP contribution in [0.4, 0.5) is 0 Å². The molecule has 5 aromatic rings. The predicted molar refractivity (Wildman–Crippen MR) is 110 cm³/mol. The number of hydrogen-bond donors (Lipinski definition) is 1. The van der Waals surface area contributed by atoms with Crippen molar-refractivity contribution < 1.29 is 9.47 Å². The van der Waals surface area contributed by atoms with Crippen molar-refractivity contribution in [3.05, 3.63) is 70.9 Å². The minimum absolute atomic E-state index is 0.0151. The van der Waals surface area contributed by atoms with Gasteiger partial charge in [0, 0.05) is 16.3 Å². The second-order valence-corrected chi connectivity index (χ2v) is 6.61. The molecule has 4 nitrogen and oxygen atoms in total. The molecule has 0 amide bonds. The van der Waals surface area contributed by atoms with Gasteiger partial charge in [0.05, 0.1) is 19.7 Å².